The van der Waals surface area contributed by atoms with Crippen molar-refractivity contribution in [1.29, 1.82) is 0 Å². The van der Waals surface area contributed by atoms with Crippen molar-refractivity contribution in [2.24, 2.45) is 5.92 Å². The second-order valence-electron chi connectivity index (χ2n) is 6.25. The van der Waals surface area contributed by atoms with Gasteiger partial charge in [0.05, 0.1) is 6.20 Å². The minimum atomic E-state index is 0.250. The van der Waals surface area contributed by atoms with Crippen molar-refractivity contribution in [1.82, 2.24) is 15.3 Å². The zero-order valence-corrected chi connectivity index (χ0v) is 12.5. The Morgan fingerprint density at radius 3 is 2.62 bits per heavy atom. The molecule has 5 nitrogen and oxygen atoms in total. The Hall–Kier alpha value is -1.65. The van der Waals surface area contributed by atoms with Crippen LogP contribution >= 0.6 is 0 Å². The van der Waals surface area contributed by atoms with Gasteiger partial charge in [0.2, 0.25) is 5.91 Å². The van der Waals surface area contributed by atoms with Gasteiger partial charge < -0.3 is 10.2 Å². The third kappa shape index (κ3) is 3.93. The van der Waals surface area contributed by atoms with Crippen molar-refractivity contribution in [2.45, 2.75) is 51.0 Å². The van der Waals surface area contributed by atoms with Crippen LogP contribution in [0.15, 0.2) is 18.6 Å². The van der Waals surface area contributed by atoms with Gasteiger partial charge in [0, 0.05) is 37.9 Å². The second kappa shape index (κ2) is 6.87. The molecule has 1 amide bonds. The molecule has 0 radical (unpaired) electrons. The predicted octanol–water partition coefficient (Wildman–Crippen LogP) is 2.14. The van der Waals surface area contributed by atoms with Gasteiger partial charge in [0.1, 0.15) is 5.82 Å². The number of rotatable bonds is 4. The van der Waals surface area contributed by atoms with E-state index in [-0.39, 0.29) is 5.91 Å². The van der Waals surface area contributed by atoms with Crippen LogP contribution in [0.4, 0.5) is 5.82 Å². The molecule has 1 aliphatic heterocycles. The van der Waals surface area contributed by atoms with E-state index in [1.165, 1.54) is 12.8 Å². The summed E-state index contributed by atoms with van der Waals surface area (Å²) in [6.45, 7) is 1.94. The number of carbonyl (C=O) groups excluding carboxylic acids is 1. The zero-order valence-electron chi connectivity index (χ0n) is 12.5. The van der Waals surface area contributed by atoms with Crippen LogP contribution in [-0.4, -0.2) is 35.0 Å². The average Bonchev–Trinajstić information content (AvgIpc) is 3.02. The molecule has 0 spiro atoms. The maximum absolute atomic E-state index is 12.1. The molecule has 3 rings (SSSR count). The first-order valence-electron chi connectivity index (χ1n) is 8.11. The molecule has 0 unspecified atom stereocenters. The molecule has 114 valence electrons. The van der Waals surface area contributed by atoms with Crippen molar-refractivity contribution in [3.05, 3.63) is 18.6 Å². The molecule has 1 saturated heterocycles. The SMILES string of the molecule is O=C(CC1CCN(c2cnccn2)CC1)NC1CCCC1. The van der Waals surface area contributed by atoms with Crippen molar-refractivity contribution in [3.63, 3.8) is 0 Å². The maximum Gasteiger partial charge on any atom is 0.220 e. The quantitative estimate of drug-likeness (QED) is 0.922. The topological polar surface area (TPSA) is 58.1 Å². The van der Waals surface area contributed by atoms with Crippen molar-refractivity contribution in [2.75, 3.05) is 18.0 Å². The number of amides is 1. The lowest BCUT2D eigenvalue weighted by atomic mass is 9.93. The maximum atomic E-state index is 12.1. The summed E-state index contributed by atoms with van der Waals surface area (Å²) in [5.74, 6) is 1.71. The lowest BCUT2D eigenvalue weighted by molar-refractivity contribution is -0.122. The minimum absolute atomic E-state index is 0.250. The van der Waals surface area contributed by atoms with E-state index < -0.39 is 0 Å². The molecule has 0 aromatic carbocycles. The molecule has 1 aromatic rings. The summed E-state index contributed by atoms with van der Waals surface area (Å²) in [5.41, 5.74) is 0. The summed E-state index contributed by atoms with van der Waals surface area (Å²) in [4.78, 5) is 22.8. The third-order valence-corrected chi connectivity index (χ3v) is 4.68. The fourth-order valence-electron chi connectivity index (χ4n) is 3.44. The number of carbonyl (C=O) groups is 1. The van der Waals surface area contributed by atoms with Crippen molar-refractivity contribution < 1.29 is 4.79 Å². The number of nitrogens with zero attached hydrogens (tertiary/aromatic N) is 3. The molecular formula is C16H24N4O. The fraction of sp³-hybridized carbons (Fsp3) is 0.688. The van der Waals surface area contributed by atoms with Crippen molar-refractivity contribution in [3.8, 4) is 0 Å². The van der Waals surface area contributed by atoms with E-state index in [1.54, 1.807) is 12.4 Å². The molecule has 2 aliphatic rings. The van der Waals surface area contributed by atoms with E-state index in [9.17, 15) is 4.79 Å². The summed E-state index contributed by atoms with van der Waals surface area (Å²) < 4.78 is 0. The second-order valence-corrected chi connectivity index (χ2v) is 6.25. The van der Waals surface area contributed by atoms with Gasteiger partial charge in [-0.1, -0.05) is 12.8 Å². The van der Waals surface area contributed by atoms with E-state index >= 15 is 0 Å². The highest BCUT2D eigenvalue weighted by atomic mass is 16.1. The molecular weight excluding hydrogens is 264 g/mol. The standard InChI is InChI=1S/C16H24N4O/c21-16(19-14-3-1-2-4-14)11-13-5-9-20(10-6-13)15-12-17-7-8-18-15/h7-8,12-14H,1-6,9-11H2,(H,19,21). The molecule has 0 atom stereocenters. The largest absolute Gasteiger partial charge is 0.355 e. The van der Waals surface area contributed by atoms with E-state index in [4.69, 9.17) is 0 Å². The minimum Gasteiger partial charge on any atom is -0.355 e. The molecule has 0 bridgehead atoms. The molecule has 5 heteroatoms. The highest BCUT2D eigenvalue weighted by Crippen LogP contribution is 2.24. The average molecular weight is 288 g/mol. The van der Waals surface area contributed by atoms with Crippen LogP contribution in [0.5, 0.6) is 0 Å². The number of aromatic nitrogens is 2. The van der Waals surface area contributed by atoms with Crippen LogP contribution in [-0.2, 0) is 4.79 Å². The lowest BCUT2D eigenvalue weighted by Gasteiger charge is -2.32. The number of hydrogen-bond donors (Lipinski definition) is 1. The predicted molar refractivity (Wildman–Crippen MR) is 82.0 cm³/mol. The first-order chi connectivity index (χ1) is 10.3. The lowest BCUT2D eigenvalue weighted by Crippen LogP contribution is -2.38. The Morgan fingerprint density at radius 1 is 1.19 bits per heavy atom. The van der Waals surface area contributed by atoms with E-state index in [0.717, 1.165) is 44.6 Å². The molecule has 1 saturated carbocycles. The van der Waals surface area contributed by atoms with Crippen LogP contribution in [0, 0.1) is 5.92 Å². The summed E-state index contributed by atoms with van der Waals surface area (Å²) in [6, 6.07) is 0.442. The highest BCUT2D eigenvalue weighted by Gasteiger charge is 2.24. The normalized spacial score (nSPS) is 20.7. The van der Waals surface area contributed by atoms with Gasteiger partial charge in [0.25, 0.3) is 0 Å². The molecule has 2 fully saturated rings. The molecule has 1 N–H and O–H groups in total. The third-order valence-electron chi connectivity index (χ3n) is 4.68. The first kappa shape index (κ1) is 14.3. The number of hydrogen-bond acceptors (Lipinski definition) is 4. The van der Waals surface area contributed by atoms with Crippen LogP contribution in [0.1, 0.15) is 44.9 Å². The van der Waals surface area contributed by atoms with E-state index in [1.807, 2.05) is 6.20 Å². The van der Waals surface area contributed by atoms with Crippen LogP contribution in [0.3, 0.4) is 0 Å². The first-order valence-corrected chi connectivity index (χ1v) is 8.11. The molecule has 1 aliphatic carbocycles. The van der Waals surface area contributed by atoms with Gasteiger partial charge in [-0.25, -0.2) is 4.98 Å². The van der Waals surface area contributed by atoms with E-state index in [0.29, 0.717) is 18.4 Å². The summed E-state index contributed by atoms with van der Waals surface area (Å²) in [5, 5.41) is 3.19. The van der Waals surface area contributed by atoms with Crippen LogP contribution < -0.4 is 10.2 Å². The van der Waals surface area contributed by atoms with Gasteiger partial charge in [-0.15, -0.1) is 0 Å². The Labute approximate surface area is 126 Å². The molecule has 1 aromatic heterocycles. The zero-order chi connectivity index (χ0) is 14.5. The number of anilines is 1. The smallest absolute Gasteiger partial charge is 0.220 e. The Morgan fingerprint density at radius 2 is 1.95 bits per heavy atom. The van der Waals surface area contributed by atoms with Crippen LogP contribution in [0.25, 0.3) is 0 Å². The summed E-state index contributed by atoms with van der Waals surface area (Å²) >= 11 is 0. The van der Waals surface area contributed by atoms with Gasteiger partial charge in [-0.3, -0.25) is 9.78 Å². The van der Waals surface area contributed by atoms with Gasteiger partial charge >= 0.3 is 0 Å². The Kier molecular flexibility index (Phi) is 4.68. The summed E-state index contributed by atoms with van der Waals surface area (Å²) in [7, 11) is 0. The molecule has 2 heterocycles. The van der Waals surface area contributed by atoms with Gasteiger partial charge in [-0.2, -0.15) is 0 Å². The summed E-state index contributed by atoms with van der Waals surface area (Å²) in [6.07, 6.45) is 12.9. The molecule has 21 heavy (non-hydrogen) atoms. The van der Waals surface area contributed by atoms with Crippen LogP contribution in [0.2, 0.25) is 0 Å². The van der Waals surface area contributed by atoms with E-state index in [2.05, 4.69) is 20.2 Å². The Balaban J connectivity index is 1.42. The Bertz CT molecular complexity index is 451. The number of piperidine rings is 1. The highest BCUT2D eigenvalue weighted by molar-refractivity contribution is 5.76. The van der Waals surface area contributed by atoms with Gasteiger partial charge in [-0.05, 0) is 31.6 Å². The fourth-order valence-corrected chi connectivity index (χ4v) is 3.44. The van der Waals surface area contributed by atoms with Gasteiger partial charge in [0.15, 0.2) is 0 Å². The number of nitrogens with one attached hydrogen (secondary N) is 1. The van der Waals surface area contributed by atoms with Crippen molar-refractivity contribution >= 4 is 11.7 Å². The monoisotopic (exact) mass is 288 g/mol.